The summed E-state index contributed by atoms with van der Waals surface area (Å²) in [5.74, 6) is 0.822. The standard InChI is InChI=1S/C23H48O/c1-4-7-9-11-13-14-16-18-20-23(22-24-21-6-3)19-17-15-12-10-8-5-2/h23H,4-22H2,1-3H3. The fraction of sp³-hybridized carbons (Fsp3) is 1.00. The van der Waals surface area contributed by atoms with Crippen LogP contribution in [0.25, 0.3) is 0 Å². The van der Waals surface area contributed by atoms with Gasteiger partial charge < -0.3 is 4.74 Å². The highest BCUT2D eigenvalue weighted by atomic mass is 16.5. The van der Waals surface area contributed by atoms with Crippen LogP contribution < -0.4 is 0 Å². The molecular formula is C23H48O. The Kier molecular flexibility index (Phi) is 21.0. The Morgan fingerprint density at radius 2 is 0.917 bits per heavy atom. The van der Waals surface area contributed by atoms with Crippen molar-refractivity contribution in [1.29, 1.82) is 0 Å². The Hall–Kier alpha value is -0.0400. The van der Waals surface area contributed by atoms with Crippen LogP contribution in [0.5, 0.6) is 0 Å². The predicted molar refractivity (Wildman–Crippen MR) is 110 cm³/mol. The zero-order valence-electron chi connectivity index (χ0n) is 17.4. The van der Waals surface area contributed by atoms with E-state index >= 15 is 0 Å². The molecule has 1 atom stereocenters. The lowest BCUT2D eigenvalue weighted by Gasteiger charge is -2.17. The van der Waals surface area contributed by atoms with Gasteiger partial charge in [0, 0.05) is 13.2 Å². The highest BCUT2D eigenvalue weighted by Gasteiger charge is 2.09. The lowest BCUT2D eigenvalue weighted by molar-refractivity contribution is 0.0914. The zero-order chi connectivity index (χ0) is 17.7. The fourth-order valence-electron chi connectivity index (χ4n) is 3.49. The van der Waals surface area contributed by atoms with E-state index in [-0.39, 0.29) is 0 Å². The third kappa shape index (κ3) is 18.3. The van der Waals surface area contributed by atoms with Gasteiger partial charge in [0.1, 0.15) is 0 Å². The monoisotopic (exact) mass is 340 g/mol. The summed E-state index contributed by atoms with van der Waals surface area (Å²) >= 11 is 0. The molecule has 1 nitrogen and oxygen atoms in total. The van der Waals surface area contributed by atoms with Crippen LogP contribution in [0.2, 0.25) is 0 Å². The Morgan fingerprint density at radius 3 is 1.33 bits per heavy atom. The first-order valence-electron chi connectivity index (χ1n) is 11.4. The maximum atomic E-state index is 5.86. The van der Waals surface area contributed by atoms with Gasteiger partial charge >= 0.3 is 0 Å². The normalized spacial score (nSPS) is 12.6. The Bertz CT molecular complexity index is 214. The van der Waals surface area contributed by atoms with Gasteiger partial charge in [-0.3, -0.25) is 0 Å². The summed E-state index contributed by atoms with van der Waals surface area (Å²) in [5.41, 5.74) is 0. The van der Waals surface area contributed by atoms with Crippen LogP contribution >= 0.6 is 0 Å². The number of rotatable bonds is 20. The molecule has 0 fully saturated rings. The minimum absolute atomic E-state index is 0.822. The molecule has 146 valence electrons. The lowest BCUT2D eigenvalue weighted by Crippen LogP contribution is -2.10. The van der Waals surface area contributed by atoms with Gasteiger partial charge in [0.25, 0.3) is 0 Å². The van der Waals surface area contributed by atoms with Crippen molar-refractivity contribution >= 4 is 0 Å². The van der Waals surface area contributed by atoms with Gasteiger partial charge in [0.15, 0.2) is 0 Å². The minimum atomic E-state index is 0.822. The first kappa shape index (κ1) is 24.0. The van der Waals surface area contributed by atoms with E-state index in [1.54, 1.807) is 0 Å². The number of hydrogen-bond donors (Lipinski definition) is 0. The van der Waals surface area contributed by atoms with Gasteiger partial charge in [-0.25, -0.2) is 0 Å². The highest BCUT2D eigenvalue weighted by Crippen LogP contribution is 2.20. The Labute approximate surface area is 154 Å². The smallest absolute Gasteiger partial charge is 0.0494 e. The third-order valence-electron chi connectivity index (χ3n) is 5.13. The van der Waals surface area contributed by atoms with Gasteiger partial charge in [-0.05, 0) is 25.2 Å². The largest absolute Gasteiger partial charge is 0.381 e. The van der Waals surface area contributed by atoms with E-state index in [1.807, 2.05) is 0 Å². The van der Waals surface area contributed by atoms with E-state index in [0.717, 1.165) is 25.6 Å². The number of ether oxygens (including phenoxy) is 1. The summed E-state index contributed by atoms with van der Waals surface area (Å²) < 4.78 is 5.86. The molecule has 0 saturated carbocycles. The molecule has 0 radical (unpaired) electrons. The Balaban J connectivity index is 3.63. The Morgan fingerprint density at radius 1 is 0.500 bits per heavy atom. The van der Waals surface area contributed by atoms with Gasteiger partial charge in [0.05, 0.1) is 0 Å². The summed E-state index contributed by atoms with van der Waals surface area (Å²) in [7, 11) is 0. The van der Waals surface area contributed by atoms with Crippen LogP contribution in [0, 0.1) is 5.92 Å². The second-order valence-corrected chi connectivity index (χ2v) is 7.76. The van der Waals surface area contributed by atoms with E-state index in [9.17, 15) is 0 Å². The third-order valence-corrected chi connectivity index (χ3v) is 5.13. The van der Waals surface area contributed by atoms with Crippen molar-refractivity contribution in [1.82, 2.24) is 0 Å². The molecule has 0 aliphatic heterocycles. The summed E-state index contributed by atoms with van der Waals surface area (Å²) in [6.07, 6.45) is 23.9. The molecule has 0 aliphatic rings. The first-order valence-corrected chi connectivity index (χ1v) is 11.4. The predicted octanol–water partition coefficient (Wildman–Crippen LogP) is 8.31. The highest BCUT2D eigenvalue weighted by molar-refractivity contribution is 4.60. The van der Waals surface area contributed by atoms with Crippen molar-refractivity contribution in [2.75, 3.05) is 13.2 Å². The maximum absolute atomic E-state index is 5.86. The molecule has 24 heavy (non-hydrogen) atoms. The van der Waals surface area contributed by atoms with Crippen molar-refractivity contribution < 1.29 is 4.74 Å². The number of hydrogen-bond acceptors (Lipinski definition) is 1. The van der Waals surface area contributed by atoms with E-state index < -0.39 is 0 Å². The molecule has 0 bridgehead atoms. The summed E-state index contributed by atoms with van der Waals surface area (Å²) in [4.78, 5) is 0. The van der Waals surface area contributed by atoms with Crippen LogP contribution in [-0.2, 0) is 4.74 Å². The second-order valence-electron chi connectivity index (χ2n) is 7.76. The van der Waals surface area contributed by atoms with E-state index in [2.05, 4.69) is 20.8 Å². The van der Waals surface area contributed by atoms with Crippen molar-refractivity contribution in [2.24, 2.45) is 5.92 Å². The van der Waals surface area contributed by atoms with Crippen LogP contribution in [-0.4, -0.2) is 13.2 Å². The van der Waals surface area contributed by atoms with E-state index in [1.165, 1.54) is 103 Å². The lowest BCUT2D eigenvalue weighted by atomic mass is 9.94. The summed E-state index contributed by atoms with van der Waals surface area (Å²) in [6.45, 7) is 8.76. The summed E-state index contributed by atoms with van der Waals surface area (Å²) in [5, 5.41) is 0. The van der Waals surface area contributed by atoms with Crippen molar-refractivity contribution in [3.8, 4) is 0 Å². The molecular weight excluding hydrogens is 292 g/mol. The molecule has 0 amide bonds. The van der Waals surface area contributed by atoms with Crippen molar-refractivity contribution in [3.05, 3.63) is 0 Å². The molecule has 1 unspecified atom stereocenters. The molecule has 0 spiro atoms. The molecule has 0 saturated heterocycles. The molecule has 0 heterocycles. The number of unbranched alkanes of at least 4 members (excludes halogenated alkanes) is 12. The van der Waals surface area contributed by atoms with E-state index in [0.29, 0.717) is 0 Å². The van der Waals surface area contributed by atoms with Crippen molar-refractivity contribution in [3.63, 3.8) is 0 Å². The van der Waals surface area contributed by atoms with Gasteiger partial charge in [0.2, 0.25) is 0 Å². The van der Waals surface area contributed by atoms with Crippen molar-refractivity contribution in [2.45, 2.75) is 130 Å². The SMILES string of the molecule is CCCCCCCCCCC(CCCCCCCC)COCCC. The first-order chi connectivity index (χ1) is 11.8. The molecule has 0 aromatic carbocycles. The summed E-state index contributed by atoms with van der Waals surface area (Å²) in [6, 6.07) is 0. The average molecular weight is 341 g/mol. The molecule has 0 aromatic rings. The van der Waals surface area contributed by atoms with Crippen LogP contribution in [0.4, 0.5) is 0 Å². The fourth-order valence-corrected chi connectivity index (χ4v) is 3.49. The van der Waals surface area contributed by atoms with Gasteiger partial charge in [-0.15, -0.1) is 0 Å². The molecule has 0 N–H and O–H groups in total. The minimum Gasteiger partial charge on any atom is -0.381 e. The molecule has 1 heteroatoms. The maximum Gasteiger partial charge on any atom is 0.0494 e. The second kappa shape index (κ2) is 21.0. The van der Waals surface area contributed by atoms with Crippen LogP contribution in [0.15, 0.2) is 0 Å². The van der Waals surface area contributed by atoms with E-state index in [4.69, 9.17) is 4.74 Å². The quantitative estimate of drug-likeness (QED) is 0.202. The molecule has 0 aliphatic carbocycles. The molecule has 0 rings (SSSR count). The van der Waals surface area contributed by atoms with Crippen LogP contribution in [0.3, 0.4) is 0 Å². The topological polar surface area (TPSA) is 9.23 Å². The average Bonchev–Trinajstić information content (AvgIpc) is 2.59. The zero-order valence-corrected chi connectivity index (χ0v) is 17.4. The molecule has 0 aromatic heterocycles. The van der Waals surface area contributed by atoms with Crippen LogP contribution in [0.1, 0.15) is 130 Å². The van der Waals surface area contributed by atoms with Gasteiger partial charge in [-0.1, -0.05) is 111 Å². The van der Waals surface area contributed by atoms with Gasteiger partial charge in [-0.2, -0.15) is 0 Å².